The van der Waals surface area contributed by atoms with Gasteiger partial charge in [-0.2, -0.15) is 13.2 Å². The quantitative estimate of drug-likeness (QED) is 0.735. The van der Waals surface area contributed by atoms with Gasteiger partial charge in [-0.05, 0) is 34.1 Å². The Kier molecular flexibility index (Phi) is 5.38. The van der Waals surface area contributed by atoms with E-state index in [2.05, 4.69) is 4.74 Å². The van der Waals surface area contributed by atoms with E-state index in [0.717, 1.165) is 6.92 Å². The van der Waals surface area contributed by atoms with Gasteiger partial charge >= 0.3 is 18.4 Å². The van der Waals surface area contributed by atoms with Crippen molar-refractivity contribution in [2.24, 2.45) is 0 Å². The van der Waals surface area contributed by atoms with E-state index in [0.29, 0.717) is 6.42 Å². The third kappa shape index (κ3) is 4.16. The largest absolute Gasteiger partial charge is 0.444 e. The molecular formula is C16H25F3N2O5. The van der Waals surface area contributed by atoms with Crippen LogP contribution in [0.4, 0.5) is 22.8 Å². The Labute approximate surface area is 150 Å². The minimum absolute atomic E-state index is 0.109. The van der Waals surface area contributed by atoms with Gasteiger partial charge in [-0.15, -0.1) is 0 Å². The zero-order valence-electron chi connectivity index (χ0n) is 15.6. The summed E-state index contributed by atoms with van der Waals surface area (Å²) in [5, 5.41) is 0. The SMILES string of the molecule is CO[C@@]12CCN(C(=O)O[C@@H](C)C(F)(F)F)[C@@H]1CN(C(=O)OC(C)(C)C)C2. The van der Waals surface area contributed by atoms with E-state index in [1.54, 1.807) is 20.8 Å². The van der Waals surface area contributed by atoms with Crippen molar-refractivity contribution in [3.63, 3.8) is 0 Å². The highest BCUT2D eigenvalue weighted by molar-refractivity contribution is 5.72. The number of rotatable bonds is 2. The number of nitrogens with zero attached hydrogens (tertiary/aromatic N) is 2. The maximum absolute atomic E-state index is 12.6. The topological polar surface area (TPSA) is 68.3 Å². The fraction of sp³-hybridized carbons (Fsp3) is 0.875. The molecule has 2 aliphatic heterocycles. The molecule has 10 heteroatoms. The van der Waals surface area contributed by atoms with Crippen LogP contribution in [0.2, 0.25) is 0 Å². The Hall–Kier alpha value is -1.71. The molecule has 0 bridgehead atoms. The van der Waals surface area contributed by atoms with Gasteiger partial charge in [0.25, 0.3) is 0 Å². The van der Waals surface area contributed by atoms with Gasteiger partial charge < -0.3 is 24.0 Å². The Morgan fingerprint density at radius 2 is 1.81 bits per heavy atom. The van der Waals surface area contributed by atoms with Crippen molar-refractivity contribution in [2.45, 2.75) is 63.6 Å². The lowest BCUT2D eigenvalue weighted by Crippen LogP contribution is -2.48. The Morgan fingerprint density at radius 3 is 2.31 bits per heavy atom. The molecule has 2 heterocycles. The summed E-state index contributed by atoms with van der Waals surface area (Å²) >= 11 is 0. The van der Waals surface area contributed by atoms with Crippen LogP contribution in [0.1, 0.15) is 34.1 Å². The number of fused-ring (bicyclic) bond motifs is 1. The molecule has 0 aromatic heterocycles. The third-order valence-electron chi connectivity index (χ3n) is 4.64. The summed E-state index contributed by atoms with van der Waals surface area (Å²) in [5.41, 5.74) is -1.52. The number of hydrogen-bond donors (Lipinski definition) is 0. The van der Waals surface area contributed by atoms with Gasteiger partial charge in [-0.3, -0.25) is 0 Å². The first kappa shape index (κ1) is 20.6. The molecule has 0 aromatic rings. The summed E-state index contributed by atoms with van der Waals surface area (Å²) in [7, 11) is 1.46. The number of amides is 2. The molecule has 0 aromatic carbocycles. The molecule has 0 aliphatic carbocycles. The normalized spacial score (nSPS) is 27.3. The highest BCUT2D eigenvalue weighted by Gasteiger charge is 2.57. The molecule has 2 fully saturated rings. The van der Waals surface area contributed by atoms with Crippen LogP contribution >= 0.6 is 0 Å². The van der Waals surface area contributed by atoms with Crippen molar-refractivity contribution in [3.05, 3.63) is 0 Å². The second kappa shape index (κ2) is 6.79. The van der Waals surface area contributed by atoms with Crippen molar-refractivity contribution in [2.75, 3.05) is 26.7 Å². The van der Waals surface area contributed by atoms with Crippen LogP contribution < -0.4 is 0 Å². The van der Waals surface area contributed by atoms with Crippen LogP contribution in [-0.4, -0.2) is 78.3 Å². The summed E-state index contributed by atoms with van der Waals surface area (Å²) in [6.07, 6.45) is -8.07. The fourth-order valence-electron chi connectivity index (χ4n) is 3.23. The van der Waals surface area contributed by atoms with Crippen molar-refractivity contribution in [1.29, 1.82) is 0 Å². The summed E-state index contributed by atoms with van der Waals surface area (Å²) in [6.45, 7) is 6.48. The highest BCUT2D eigenvalue weighted by atomic mass is 19.4. The molecule has 2 aliphatic rings. The molecular weight excluding hydrogens is 357 g/mol. The molecule has 3 atom stereocenters. The lowest BCUT2D eigenvalue weighted by molar-refractivity contribution is -0.200. The summed E-state index contributed by atoms with van der Waals surface area (Å²) in [5.74, 6) is 0. The van der Waals surface area contributed by atoms with Gasteiger partial charge in [0.15, 0.2) is 6.10 Å². The number of hydrogen-bond acceptors (Lipinski definition) is 5. The Morgan fingerprint density at radius 1 is 1.19 bits per heavy atom. The zero-order chi connectivity index (χ0) is 19.9. The van der Waals surface area contributed by atoms with Crippen LogP contribution in [-0.2, 0) is 14.2 Å². The Bertz CT molecular complexity index is 563. The van der Waals surface area contributed by atoms with E-state index in [9.17, 15) is 22.8 Å². The monoisotopic (exact) mass is 382 g/mol. The molecule has 0 saturated carbocycles. The van der Waals surface area contributed by atoms with Gasteiger partial charge in [0, 0.05) is 20.2 Å². The smallest absolute Gasteiger partial charge is 0.425 e. The van der Waals surface area contributed by atoms with Gasteiger partial charge in [0.1, 0.15) is 11.2 Å². The average Bonchev–Trinajstić information content (AvgIpc) is 2.99. The average molecular weight is 382 g/mol. The second-order valence-corrected chi connectivity index (χ2v) is 7.66. The molecule has 2 amide bonds. The van der Waals surface area contributed by atoms with Gasteiger partial charge in [-0.1, -0.05) is 0 Å². The van der Waals surface area contributed by atoms with Crippen LogP contribution in [0.15, 0.2) is 0 Å². The van der Waals surface area contributed by atoms with E-state index in [1.807, 2.05) is 0 Å². The first-order chi connectivity index (χ1) is 11.8. The van der Waals surface area contributed by atoms with Crippen LogP contribution in [0, 0.1) is 0 Å². The molecule has 7 nitrogen and oxygen atoms in total. The highest BCUT2D eigenvalue weighted by Crippen LogP contribution is 2.39. The zero-order valence-corrected chi connectivity index (χ0v) is 15.6. The number of alkyl halides is 3. The van der Waals surface area contributed by atoms with E-state index in [1.165, 1.54) is 16.9 Å². The minimum Gasteiger partial charge on any atom is -0.444 e. The van der Waals surface area contributed by atoms with E-state index < -0.39 is 41.7 Å². The van der Waals surface area contributed by atoms with Crippen LogP contribution in [0.3, 0.4) is 0 Å². The first-order valence-corrected chi connectivity index (χ1v) is 8.36. The first-order valence-electron chi connectivity index (χ1n) is 8.36. The maximum Gasteiger partial charge on any atom is 0.425 e. The molecule has 2 saturated heterocycles. The van der Waals surface area contributed by atoms with Crippen molar-refractivity contribution in [3.8, 4) is 0 Å². The summed E-state index contributed by atoms with van der Waals surface area (Å²) in [4.78, 5) is 27.1. The number of likely N-dealkylation sites (tertiary alicyclic amines) is 2. The molecule has 0 N–H and O–H groups in total. The van der Waals surface area contributed by atoms with Crippen molar-refractivity contribution in [1.82, 2.24) is 9.80 Å². The number of carbonyl (C=O) groups is 2. The third-order valence-corrected chi connectivity index (χ3v) is 4.64. The van der Waals surface area contributed by atoms with Crippen LogP contribution in [0.5, 0.6) is 0 Å². The van der Waals surface area contributed by atoms with E-state index in [4.69, 9.17) is 9.47 Å². The van der Waals surface area contributed by atoms with Crippen molar-refractivity contribution < 1.29 is 37.0 Å². The van der Waals surface area contributed by atoms with Gasteiger partial charge in [0.05, 0.1) is 12.6 Å². The molecule has 0 spiro atoms. The summed E-state index contributed by atoms with van der Waals surface area (Å²) in [6, 6.07) is -0.590. The summed E-state index contributed by atoms with van der Waals surface area (Å²) < 4.78 is 53.4. The van der Waals surface area contributed by atoms with E-state index in [-0.39, 0.29) is 19.6 Å². The molecule has 150 valence electrons. The minimum atomic E-state index is -4.63. The number of halogens is 3. The van der Waals surface area contributed by atoms with Gasteiger partial charge in [-0.25, -0.2) is 9.59 Å². The Balaban J connectivity index is 2.10. The molecule has 26 heavy (non-hydrogen) atoms. The number of carbonyl (C=O) groups excluding carboxylic acids is 2. The van der Waals surface area contributed by atoms with Crippen molar-refractivity contribution >= 4 is 12.2 Å². The van der Waals surface area contributed by atoms with Crippen LogP contribution in [0.25, 0.3) is 0 Å². The van der Waals surface area contributed by atoms with E-state index >= 15 is 0 Å². The molecule has 0 radical (unpaired) electrons. The fourth-order valence-corrected chi connectivity index (χ4v) is 3.23. The standard InChI is InChI=1S/C16H25F3N2O5/c1-10(16(17,18)19)25-13(23)21-7-6-15(24-5)9-20(8-11(15)21)12(22)26-14(2,3)4/h10-11H,6-9H2,1-5H3/t10-,11+,15+/m0/s1. The lowest BCUT2D eigenvalue weighted by atomic mass is 9.98. The predicted octanol–water partition coefficient (Wildman–Crippen LogP) is 2.78. The van der Waals surface area contributed by atoms with Gasteiger partial charge in [0.2, 0.25) is 0 Å². The lowest BCUT2D eigenvalue weighted by Gasteiger charge is -2.29. The second-order valence-electron chi connectivity index (χ2n) is 7.66. The maximum atomic E-state index is 12.6. The number of methoxy groups -OCH3 is 1. The predicted molar refractivity (Wildman–Crippen MR) is 84.7 cm³/mol. The molecule has 2 rings (SSSR count). The number of ether oxygens (including phenoxy) is 3. The molecule has 0 unspecified atom stereocenters.